The molecule has 0 saturated carbocycles. The van der Waals surface area contributed by atoms with Crippen LogP contribution in [0.3, 0.4) is 0 Å². The van der Waals surface area contributed by atoms with Crippen LogP contribution in [0.2, 0.25) is 0 Å². The van der Waals surface area contributed by atoms with Crippen LogP contribution in [0.15, 0.2) is 78.9 Å². The highest BCUT2D eigenvalue weighted by Crippen LogP contribution is 2.17. The molecular weight excluding hydrogens is 424 g/mol. The van der Waals surface area contributed by atoms with E-state index in [1.807, 2.05) is 92.7 Å². The van der Waals surface area contributed by atoms with Crippen molar-refractivity contribution in [3.05, 3.63) is 101 Å². The maximum absolute atomic E-state index is 13.5. The number of amides is 2. The summed E-state index contributed by atoms with van der Waals surface area (Å²) in [5, 5.41) is 2.91. The fourth-order valence-electron chi connectivity index (χ4n) is 3.90. The van der Waals surface area contributed by atoms with Gasteiger partial charge >= 0.3 is 0 Å². The van der Waals surface area contributed by atoms with Gasteiger partial charge in [-0.2, -0.15) is 0 Å². The first-order valence-corrected chi connectivity index (χ1v) is 11.9. The summed E-state index contributed by atoms with van der Waals surface area (Å²) in [5.74, 6) is 0.242. The molecule has 0 bridgehead atoms. The molecule has 5 nitrogen and oxygen atoms in total. The number of nitrogens with zero attached hydrogens (tertiary/aromatic N) is 1. The van der Waals surface area contributed by atoms with Gasteiger partial charge in [-0.1, -0.05) is 79.2 Å². The first-order chi connectivity index (χ1) is 16.5. The molecule has 3 aromatic rings. The number of benzene rings is 3. The first-order valence-electron chi connectivity index (χ1n) is 11.9. The molecular formula is C29H34N2O3. The second-order valence-electron chi connectivity index (χ2n) is 8.40. The lowest BCUT2D eigenvalue weighted by Gasteiger charge is -2.31. The average molecular weight is 459 g/mol. The molecule has 1 unspecified atom stereocenters. The Balaban J connectivity index is 1.86. The smallest absolute Gasteiger partial charge is 0.261 e. The van der Waals surface area contributed by atoms with Crippen molar-refractivity contribution >= 4 is 11.8 Å². The summed E-state index contributed by atoms with van der Waals surface area (Å²) < 4.78 is 5.83. The molecule has 0 aliphatic carbocycles. The third-order valence-corrected chi connectivity index (χ3v) is 5.75. The predicted octanol–water partition coefficient (Wildman–Crippen LogP) is 4.71. The first kappa shape index (κ1) is 25.0. The van der Waals surface area contributed by atoms with Crippen molar-refractivity contribution in [3.63, 3.8) is 0 Å². The molecule has 0 spiro atoms. The van der Waals surface area contributed by atoms with Crippen LogP contribution < -0.4 is 10.1 Å². The van der Waals surface area contributed by atoms with E-state index in [-0.39, 0.29) is 18.4 Å². The fraction of sp³-hybridized carbons (Fsp3) is 0.310. The highest BCUT2D eigenvalue weighted by molar-refractivity contribution is 5.88. The minimum Gasteiger partial charge on any atom is -0.484 e. The van der Waals surface area contributed by atoms with Gasteiger partial charge in [0.05, 0.1) is 0 Å². The second kappa shape index (κ2) is 12.6. The van der Waals surface area contributed by atoms with Crippen LogP contribution in [0.4, 0.5) is 0 Å². The van der Waals surface area contributed by atoms with Crippen LogP contribution in [-0.4, -0.2) is 35.9 Å². The Kier molecular flexibility index (Phi) is 9.27. The van der Waals surface area contributed by atoms with Crippen molar-refractivity contribution in [2.75, 3.05) is 13.2 Å². The molecule has 1 atom stereocenters. The normalized spacial score (nSPS) is 11.5. The minimum atomic E-state index is -0.651. The van der Waals surface area contributed by atoms with E-state index in [4.69, 9.17) is 4.74 Å². The summed E-state index contributed by atoms with van der Waals surface area (Å²) in [6, 6.07) is 24.9. The van der Waals surface area contributed by atoms with Gasteiger partial charge in [0.15, 0.2) is 6.61 Å². The van der Waals surface area contributed by atoms with Crippen LogP contribution in [0.1, 0.15) is 36.1 Å². The number of hydrogen-bond acceptors (Lipinski definition) is 3. The molecule has 1 N–H and O–H groups in total. The maximum Gasteiger partial charge on any atom is 0.261 e. The average Bonchev–Trinajstić information content (AvgIpc) is 2.85. The lowest BCUT2D eigenvalue weighted by molar-refractivity contribution is -0.142. The number of likely N-dealkylation sites (N-methyl/N-ethyl adjacent to an activating group) is 1. The van der Waals surface area contributed by atoms with E-state index in [0.717, 1.165) is 23.1 Å². The van der Waals surface area contributed by atoms with Crippen LogP contribution in [-0.2, 0) is 29.0 Å². The Morgan fingerprint density at radius 1 is 0.882 bits per heavy atom. The van der Waals surface area contributed by atoms with Crippen molar-refractivity contribution in [1.82, 2.24) is 10.2 Å². The lowest BCUT2D eigenvalue weighted by Crippen LogP contribution is -2.51. The number of rotatable bonds is 11. The molecule has 0 aliphatic rings. The zero-order valence-corrected chi connectivity index (χ0v) is 20.3. The molecule has 0 radical (unpaired) electrons. The SMILES string of the molecule is CCNC(=O)C(Cc1ccccc1)N(Cc1cccc(C)c1)C(=O)COc1ccc(CC)cc1. The number of carbonyl (C=O) groups excluding carboxylic acids is 2. The van der Waals surface area contributed by atoms with E-state index in [1.54, 1.807) is 4.90 Å². The number of ether oxygens (including phenoxy) is 1. The van der Waals surface area contributed by atoms with Gasteiger partial charge in [0.1, 0.15) is 11.8 Å². The third-order valence-electron chi connectivity index (χ3n) is 5.75. The molecule has 3 rings (SSSR count). The van der Waals surface area contributed by atoms with Crippen LogP contribution in [0.25, 0.3) is 0 Å². The molecule has 5 heteroatoms. The summed E-state index contributed by atoms with van der Waals surface area (Å²) in [6.07, 6.45) is 1.37. The summed E-state index contributed by atoms with van der Waals surface area (Å²) in [5.41, 5.74) is 4.29. The van der Waals surface area contributed by atoms with Gasteiger partial charge in [-0.15, -0.1) is 0 Å². The molecule has 3 aromatic carbocycles. The van der Waals surface area contributed by atoms with Crippen molar-refractivity contribution in [3.8, 4) is 5.75 Å². The molecule has 2 amide bonds. The van der Waals surface area contributed by atoms with Crippen molar-refractivity contribution < 1.29 is 14.3 Å². The van der Waals surface area contributed by atoms with Gasteiger partial charge in [-0.25, -0.2) is 0 Å². The number of carbonyl (C=O) groups is 2. The zero-order chi connectivity index (χ0) is 24.3. The Labute approximate surface area is 202 Å². The van der Waals surface area contributed by atoms with E-state index in [9.17, 15) is 9.59 Å². The van der Waals surface area contributed by atoms with E-state index in [1.165, 1.54) is 5.56 Å². The third kappa shape index (κ3) is 7.20. The molecule has 0 aromatic heterocycles. The highest BCUT2D eigenvalue weighted by atomic mass is 16.5. The van der Waals surface area contributed by atoms with E-state index >= 15 is 0 Å². The predicted molar refractivity (Wildman–Crippen MR) is 136 cm³/mol. The standard InChI is InChI=1S/C29H34N2O3/c1-4-23-14-16-26(17-15-23)34-21-28(32)31(20-25-13-9-10-22(3)18-25)27(29(33)30-5-2)19-24-11-7-6-8-12-24/h6-18,27H,4-5,19-21H2,1-3H3,(H,30,33). The Hall–Kier alpha value is -3.60. The molecule has 0 fully saturated rings. The van der Waals surface area contributed by atoms with Gasteiger partial charge in [0.2, 0.25) is 5.91 Å². The Morgan fingerprint density at radius 2 is 1.59 bits per heavy atom. The van der Waals surface area contributed by atoms with E-state index in [0.29, 0.717) is 25.3 Å². The highest BCUT2D eigenvalue weighted by Gasteiger charge is 2.30. The monoisotopic (exact) mass is 458 g/mol. The van der Waals surface area contributed by atoms with Crippen molar-refractivity contribution in [2.24, 2.45) is 0 Å². The summed E-state index contributed by atoms with van der Waals surface area (Å²) >= 11 is 0. The second-order valence-corrected chi connectivity index (χ2v) is 8.40. The molecule has 0 saturated heterocycles. The summed E-state index contributed by atoms with van der Waals surface area (Å²) in [6.45, 7) is 6.68. The van der Waals surface area contributed by atoms with Gasteiger partial charge < -0.3 is 15.0 Å². The van der Waals surface area contributed by atoms with Gasteiger partial charge in [0.25, 0.3) is 5.91 Å². The lowest BCUT2D eigenvalue weighted by atomic mass is 10.0. The minimum absolute atomic E-state index is 0.137. The molecule has 34 heavy (non-hydrogen) atoms. The number of aryl methyl sites for hydroxylation is 2. The summed E-state index contributed by atoms with van der Waals surface area (Å²) in [4.78, 5) is 28.3. The fourth-order valence-corrected chi connectivity index (χ4v) is 3.90. The molecule has 0 aliphatic heterocycles. The quantitative estimate of drug-likeness (QED) is 0.453. The Morgan fingerprint density at radius 3 is 2.24 bits per heavy atom. The van der Waals surface area contributed by atoms with Gasteiger partial charge in [-0.3, -0.25) is 9.59 Å². The van der Waals surface area contributed by atoms with Gasteiger partial charge in [0, 0.05) is 19.5 Å². The topological polar surface area (TPSA) is 58.6 Å². The largest absolute Gasteiger partial charge is 0.484 e. The zero-order valence-electron chi connectivity index (χ0n) is 20.3. The maximum atomic E-state index is 13.5. The van der Waals surface area contributed by atoms with E-state index in [2.05, 4.69) is 12.2 Å². The molecule has 0 heterocycles. The Bertz CT molecular complexity index is 1060. The number of hydrogen-bond donors (Lipinski definition) is 1. The number of nitrogens with one attached hydrogen (secondary N) is 1. The van der Waals surface area contributed by atoms with Crippen molar-refractivity contribution in [2.45, 2.75) is 46.2 Å². The van der Waals surface area contributed by atoms with Crippen LogP contribution in [0.5, 0.6) is 5.75 Å². The molecule has 178 valence electrons. The van der Waals surface area contributed by atoms with E-state index < -0.39 is 6.04 Å². The van der Waals surface area contributed by atoms with Crippen LogP contribution >= 0.6 is 0 Å². The summed E-state index contributed by atoms with van der Waals surface area (Å²) in [7, 11) is 0. The van der Waals surface area contributed by atoms with Gasteiger partial charge in [-0.05, 0) is 49.1 Å². The van der Waals surface area contributed by atoms with Crippen LogP contribution in [0, 0.1) is 6.92 Å². The van der Waals surface area contributed by atoms with Crippen molar-refractivity contribution in [1.29, 1.82) is 0 Å².